The molecule has 26 heavy (non-hydrogen) atoms. The molecule has 0 bridgehead atoms. The van der Waals surface area contributed by atoms with E-state index in [2.05, 4.69) is 32.6 Å². The van der Waals surface area contributed by atoms with Crippen LogP contribution >= 0.6 is 24.8 Å². The fourth-order valence-corrected chi connectivity index (χ4v) is 2.52. The summed E-state index contributed by atoms with van der Waals surface area (Å²) < 4.78 is 5.75. The van der Waals surface area contributed by atoms with Gasteiger partial charge in [-0.05, 0) is 49.3 Å². The Hall–Kier alpha value is -1.01. The van der Waals surface area contributed by atoms with E-state index in [0.29, 0.717) is 25.3 Å². The van der Waals surface area contributed by atoms with E-state index in [-0.39, 0.29) is 36.1 Å². The van der Waals surface area contributed by atoms with Gasteiger partial charge in [0.2, 0.25) is 0 Å². The first-order valence-corrected chi connectivity index (χ1v) is 8.73. The van der Waals surface area contributed by atoms with E-state index in [1.807, 2.05) is 31.3 Å². The highest BCUT2D eigenvalue weighted by atomic mass is 35.5. The third-order valence-electron chi connectivity index (χ3n) is 4.24. The van der Waals surface area contributed by atoms with Gasteiger partial charge in [-0.2, -0.15) is 0 Å². The van der Waals surface area contributed by atoms with E-state index in [0.717, 1.165) is 25.4 Å². The van der Waals surface area contributed by atoms with Crippen LogP contribution in [0.25, 0.3) is 0 Å². The van der Waals surface area contributed by atoms with Crippen LogP contribution in [0, 0.1) is 5.41 Å². The van der Waals surface area contributed by atoms with Crippen LogP contribution in [-0.2, 0) is 0 Å². The Balaban J connectivity index is 0. The van der Waals surface area contributed by atoms with Crippen LogP contribution in [0.2, 0.25) is 0 Å². The van der Waals surface area contributed by atoms with Crippen LogP contribution < -0.4 is 10.5 Å². The Morgan fingerprint density at radius 1 is 1.12 bits per heavy atom. The predicted molar refractivity (Wildman–Crippen MR) is 114 cm³/mol. The van der Waals surface area contributed by atoms with Gasteiger partial charge in [0.05, 0.1) is 0 Å². The number of carbonyl (C=O) groups excluding carboxylic acids is 1. The monoisotopic (exact) mass is 407 g/mol. The van der Waals surface area contributed by atoms with Crippen LogP contribution in [0.3, 0.4) is 0 Å². The molecule has 0 saturated heterocycles. The molecule has 1 rings (SSSR count). The molecule has 1 aromatic rings. The summed E-state index contributed by atoms with van der Waals surface area (Å²) in [7, 11) is 1.81. The predicted octanol–water partition coefficient (Wildman–Crippen LogP) is 3.31. The first kappa shape index (κ1) is 27.2. The summed E-state index contributed by atoms with van der Waals surface area (Å²) in [5, 5.41) is 0. The lowest BCUT2D eigenvalue weighted by atomic mass is 9.93. The minimum atomic E-state index is -0.0854. The minimum Gasteiger partial charge on any atom is -0.492 e. The molecule has 0 spiro atoms. The number of nitrogens with two attached hydrogens (primary N) is 1. The summed E-state index contributed by atoms with van der Waals surface area (Å²) >= 11 is 0. The van der Waals surface area contributed by atoms with Crippen molar-refractivity contribution in [3.05, 3.63) is 29.8 Å². The normalized spacial score (nSPS) is 10.7. The Bertz CT molecular complexity index is 506. The van der Waals surface area contributed by atoms with E-state index in [4.69, 9.17) is 10.5 Å². The maximum absolute atomic E-state index is 12.5. The van der Waals surface area contributed by atoms with E-state index >= 15 is 0 Å². The molecule has 0 heterocycles. The van der Waals surface area contributed by atoms with E-state index in [1.54, 1.807) is 4.90 Å². The molecule has 1 aromatic carbocycles. The molecular weight excluding hydrogens is 373 g/mol. The van der Waals surface area contributed by atoms with Crippen molar-refractivity contribution in [2.75, 3.05) is 46.4 Å². The Morgan fingerprint density at radius 2 is 1.65 bits per heavy atom. The lowest BCUT2D eigenvalue weighted by molar-refractivity contribution is 0.0740. The highest BCUT2D eigenvalue weighted by Crippen LogP contribution is 2.17. The summed E-state index contributed by atoms with van der Waals surface area (Å²) in [5.41, 5.74) is 6.33. The molecule has 0 saturated carbocycles. The van der Waals surface area contributed by atoms with Gasteiger partial charge in [-0.15, -0.1) is 24.8 Å². The first-order chi connectivity index (χ1) is 11.3. The van der Waals surface area contributed by atoms with Gasteiger partial charge in [0, 0.05) is 25.7 Å². The number of hydrogen-bond donors (Lipinski definition) is 1. The molecule has 7 heteroatoms. The third-order valence-corrected chi connectivity index (χ3v) is 4.24. The molecule has 0 aliphatic heterocycles. The first-order valence-electron chi connectivity index (χ1n) is 8.73. The number of benzene rings is 1. The van der Waals surface area contributed by atoms with Gasteiger partial charge in [-0.3, -0.25) is 4.79 Å². The number of hydrogen-bond acceptors (Lipinski definition) is 4. The molecule has 5 nitrogen and oxygen atoms in total. The summed E-state index contributed by atoms with van der Waals surface area (Å²) in [5.74, 6) is 0.801. The standard InChI is InChI=1S/C19H33N3O2.2ClH/c1-6-22(7-2)12-13-24-17-10-8-16(9-11-17)18(23)21(5)15-19(3,4)14-20;;/h8-11H,6-7,12-15,20H2,1-5H3;2*1H. The minimum absolute atomic E-state index is 0. The van der Waals surface area contributed by atoms with E-state index < -0.39 is 0 Å². The molecule has 0 radical (unpaired) electrons. The van der Waals surface area contributed by atoms with Crippen molar-refractivity contribution >= 4 is 30.7 Å². The second kappa shape index (κ2) is 13.2. The highest BCUT2D eigenvalue weighted by molar-refractivity contribution is 5.94. The second-order valence-corrected chi connectivity index (χ2v) is 6.93. The van der Waals surface area contributed by atoms with E-state index in [9.17, 15) is 4.79 Å². The van der Waals surface area contributed by atoms with Crippen LogP contribution in [0.4, 0.5) is 0 Å². The van der Waals surface area contributed by atoms with Gasteiger partial charge in [0.25, 0.3) is 5.91 Å². The number of likely N-dealkylation sites (N-methyl/N-ethyl adjacent to an activating group) is 1. The van der Waals surface area contributed by atoms with Crippen LogP contribution in [0.5, 0.6) is 5.75 Å². The molecule has 0 aliphatic carbocycles. The van der Waals surface area contributed by atoms with Crippen molar-refractivity contribution in [2.24, 2.45) is 11.1 Å². The topological polar surface area (TPSA) is 58.8 Å². The average Bonchev–Trinajstić information content (AvgIpc) is 2.58. The lowest BCUT2D eigenvalue weighted by Crippen LogP contribution is -2.39. The largest absolute Gasteiger partial charge is 0.492 e. The van der Waals surface area contributed by atoms with Crippen molar-refractivity contribution in [3.8, 4) is 5.75 Å². The number of rotatable bonds is 10. The molecule has 0 fully saturated rings. The lowest BCUT2D eigenvalue weighted by Gasteiger charge is -2.29. The molecule has 152 valence electrons. The van der Waals surface area contributed by atoms with Crippen molar-refractivity contribution < 1.29 is 9.53 Å². The summed E-state index contributed by atoms with van der Waals surface area (Å²) in [6, 6.07) is 7.36. The molecule has 1 amide bonds. The maximum atomic E-state index is 12.5. The van der Waals surface area contributed by atoms with Gasteiger partial charge in [0.1, 0.15) is 12.4 Å². The fourth-order valence-electron chi connectivity index (χ4n) is 2.52. The SMILES string of the molecule is CCN(CC)CCOc1ccc(C(=O)N(C)CC(C)(C)CN)cc1.Cl.Cl. The number of nitrogens with zero attached hydrogens (tertiary/aromatic N) is 2. The maximum Gasteiger partial charge on any atom is 0.253 e. The van der Waals surface area contributed by atoms with Crippen molar-refractivity contribution in [1.29, 1.82) is 0 Å². The van der Waals surface area contributed by atoms with Gasteiger partial charge in [0.15, 0.2) is 0 Å². The third kappa shape index (κ3) is 9.08. The van der Waals surface area contributed by atoms with Crippen molar-refractivity contribution in [3.63, 3.8) is 0 Å². The number of ether oxygens (including phenoxy) is 1. The summed E-state index contributed by atoms with van der Waals surface area (Å²) in [6.45, 7) is 13.2. The molecule has 0 unspecified atom stereocenters. The van der Waals surface area contributed by atoms with Gasteiger partial charge < -0.3 is 20.3 Å². The van der Waals surface area contributed by atoms with Crippen LogP contribution in [-0.4, -0.2) is 62.1 Å². The summed E-state index contributed by atoms with van der Waals surface area (Å²) in [6.07, 6.45) is 0. The van der Waals surface area contributed by atoms with Crippen LogP contribution in [0.15, 0.2) is 24.3 Å². The smallest absolute Gasteiger partial charge is 0.253 e. The Kier molecular flexibility index (Phi) is 13.8. The zero-order valence-electron chi connectivity index (χ0n) is 16.7. The zero-order valence-corrected chi connectivity index (χ0v) is 18.3. The van der Waals surface area contributed by atoms with Crippen molar-refractivity contribution in [2.45, 2.75) is 27.7 Å². The van der Waals surface area contributed by atoms with Gasteiger partial charge in [-0.25, -0.2) is 0 Å². The molecule has 0 atom stereocenters. The Labute approximate surface area is 171 Å². The second-order valence-electron chi connectivity index (χ2n) is 6.93. The molecular formula is C19H35Cl2N3O2. The number of halogens is 2. The summed E-state index contributed by atoms with van der Waals surface area (Å²) in [4.78, 5) is 16.5. The van der Waals surface area contributed by atoms with Gasteiger partial charge in [-0.1, -0.05) is 27.7 Å². The molecule has 0 aromatic heterocycles. The van der Waals surface area contributed by atoms with E-state index in [1.165, 1.54) is 0 Å². The zero-order chi connectivity index (χ0) is 18.2. The Morgan fingerprint density at radius 3 is 2.12 bits per heavy atom. The number of carbonyl (C=O) groups is 1. The quantitative estimate of drug-likeness (QED) is 0.645. The van der Waals surface area contributed by atoms with Gasteiger partial charge >= 0.3 is 0 Å². The fraction of sp³-hybridized carbons (Fsp3) is 0.632. The van der Waals surface area contributed by atoms with Crippen LogP contribution in [0.1, 0.15) is 38.1 Å². The highest BCUT2D eigenvalue weighted by Gasteiger charge is 2.21. The van der Waals surface area contributed by atoms with Crippen molar-refractivity contribution in [1.82, 2.24) is 9.80 Å². The average molecular weight is 408 g/mol. The molecule has 0 aliphatic rings. The number of amides is 1. The molecule has 2 N–H and O–H groups in total.